The standard InChI is InChI=1S/C7H14N2O3/c1-5(7(11)12-2)9-6(10)3-4-8/h5H,3-4,8H2,1-2H3,(H,9,10)/t5-/m0/s1. The topological polar surface area (TPSA) is 81.4 Å². The van der Waals surface area contributed by atoms with Crippen molar-refractivity contribution in [3.05, 3.63) is 0 Å². The Hall–Kier alpha value is -1.10. The van der Waals surface area contributed by atoms with Gasteiger partial charge >= 0.3 is 5.97 Å². The summed E-state index contributed by atoms with van der Waals surface area (Å²) in [5.41, 5.74) is 5.14. The number of hydrogen-bond acceptors (Lipinski definition) is 4. The van der Waals surface area contributed by atoms with Crippen molar-refractivity contribution in [3.8, 4) is 0 Å². The number of esters is 1. The van der Waals surface area contributed by atoms with Crippen molar-refractivity contribution in [2.45, 2.75) is 19.4 Å². The Morgan fingerprint density at radius 3 is 2.58 bits per heavy atom. The molecule has 0 rings (SSSR count). The van der Waals surface area contributed by atoms with Crippen LogP contribution in [0.15, 0.2) is 0 Å². The van der Waals surface area contributed by atoms with Gasteiger partial charge in [-0.3, -0.25) is 4.79 Å². The first-order valence-corrected chi connectivity index (χ1v) is 3.69. The molecule has 70 valence electrons. The predicted molar refractivity (Wildman–Crippen MR) is 43.3 cm³/mol. The molecule has 0 aliphatic carbocycles. The van der Waals surface area contributed by atoms with E-state index in [2.05, 4.69) is 10.1 Å². The summed E-state index contributed by atoms with van der Waals surface area (Å²) in [5.74, 6) is -0.698. The average Bonchev–Trinajstić information content (AvgIpc) is 2.03. The number of ether oxygens (including phenoxy) is 1. The van der Waals surface area contributed by atoms with Gasteiger partial charge in [-0.15, -0.1) is 0 Å². The Morgan fingerprint density at radius 2 is 2.17 bits per heavy atom. The summed E-state index contributed by atoms with van der Waals surface area (Å²) in [6, 6.07) is -0.603. The summed E-state index contributed by atoms with van der Waals surface area (Å²) in [6.45, 7) is 1.83. The van der Waals surface area contributed by atoms with Crippen LogP contribution in [0, 0.1) is 0 Å². The highest BCUT2D eigenvalue weighted by molar-refractivity contribution is 5.84. The lowest BCUT2D eigenvalue weighted by Crippen LogP contribution is -2.39. The maximum atomic E-state index is 10.9. The first kappa shape index (κ1) is 10.9. The molecule has 3 N–H and O–H groups in total. The molecule has 12 heavy (non-hydrogen) atoms. The minimum Gasteiger partial charge on any atom is -0.467 e. The molecule has 5 heteroatoms. The van der Waals surface area contributed by atoms with Crippen LogP contribution in [-0.2, 0) is 14.3 Å². The van der Waals surface area contributed by atoms with Crippen molar-refractivity contribution in [1.29, 1.82) is 0 Å². The molecule has 0 saturated carbocycles. The highest BCUT2D eigenvalue weighted by Crippen LogP contribution is 1.86. The number of methoxy groups -OCH3 is 1. The van der Waals surface area contributed by atoms with E-state index in [4.69, 9.17) is 5.73 Å². The lowest BCUT2D eigenvalue weighted by atomic mass is 10.3. The minimum absolute atomic E-state index is 0.224. The Balaban J connectivity index is 3.75. The molecule has 1 atom stereocenters. The van der Waals surface area contributed by atoms with E-state index in [0.29, 0.717) is 0 Å². The van der Waals surface area contributed by atoms with Crippen molar-refractivity contribution in [2.24, 2.45) is 5.73 Å². The van der Waals surface area contributed by atoms with Crippen LogP contribution in [-0.4, -0.2) is 31.6 Å². The summed E-state index contributed by atoms with van der Waals surface area (Å²) >= 11 is 0. The van der Waals surface area contributed by atoms with Crippen molar-refractivity contribution < 1.29 is 14.3 Å². The van der Waals surface area contributed by atoms with Crippen LogP contribution in [0.5, 0.6) is 0 Å². The van der Waals surface area contributed by atoms with E-state index >= 15 is 0 Å². The third kappa shape index (κ3) is 3.92. The Morgan fingerprint density at radius 1 is 1.58 bits per heavy atom. The highest BCUT2D eigenvalue weighted by Gasteiger charge is 2.14. The van der Waals surface area contributed by atoms with Gasteiger partial charge in [0, 0.05) is 13.0 Å². The van der Waals surface area contributed by atoms with Crippen LogP contribution >= 0.6 is 0 Å². The van der Waals surface area contributed by atoms with Crippen LogP contribution < -0.4 is 11.1 Å². The minimum atomic E-state index is -0.603. The van der Waals surface area contributed by atoms with Crippen molar-refractivity contribution in [3.63, 3.8) is 0 Å². The van der Waals surface area contributed by atoms with Crippen LogP contribution in [0.1, 0.15) is 13.3 Å². The predicted octanol–water partition coefficient (Wildman–Crippen LogP) is -0.987. The maximum absolute atomic E-state index is 10.9. The Kier molecular flexibility index (Phi) is 5.03. The zero-order valence-electron chi connectivity index (χ0n) is 7.29. The zero-order valence-corrected chi connectivity index (χ0v) is 7.29. The molecule has 0 bridgehead atoms. The van der Waals surface area contributed by atoms with Crippen LogP contribution in [0.3, 0.4) is 0 Å². The molecule has 0 radical (unpaired) electrons. The Bertz CT molecular complexity index is 170. The van der Waals surface area contributed by atoms with Gasteiger partial charge < -0.3 is 15.8 Å². The monoisotopic (exact) mass is 174 g/mol. The third-order valence-corrected chi connectivity index (χ3v) is 1.30. The Labute approximate surface area is 71.3 Å². The molecule has 0 saturated heterocycles. The maximum Gasteiger partial charge on any atom is 0.328 e. The second-order valence-electron chi connectivity index (χ2n) is 2.35. The van der Waals surface area contributed by atoms with Crippen molar-refractivity contribution in [1.82, 2.24) is 5.32 Å². The summed E-state index contributed by atoms with van der Waals surface area (Å²) in [5, 5.41) is 2.44. The van der Waals surface area contributed by atoms with E-state index in [-0.39, 0.29) is 18.9 Å². The quantitative estimate of drug-likeness (QED) is 0.536. The second kappa shape index (κ2) is 5.54. The average molecular weight is 174 g/mol. The van der Waals surface area contributed by atoms with E-state index < -0.39 is 12.0 Å². The smallest absolute Gasteiger partial charge is 0.328 e. The molecule has 0 aromatic rings. The molecule has 0 unspecified atom stereocenters. The summed E-state index contributed by atoms with van der Waals surface area (Å²) in [6.07, 6.45) is 0.224. The second-order valence-corrected chi connectivity index (χ2v) is 2.35. The number of nitrogens with one attached hydrogen (secondary N) is 1. The number of amides is 1. The molecule has 0 fully saturated rings. The SMILES string of the molecule is COC(=O)[C@H](C)NC(=O)CCN. The molecule has 5 nitrogen and oxygen atoms in total. The summed E-state index contributed by atoms with van der Waals surface area (Å²) < 4.78 is 4.41. The van der Waals surface area contributed by atoms with Gasteiger partial charge in [-0.1, -0.05) is 0 Å². The normalized spacial score (nSPS) is 11.9. The third-order valence-electron chi connectivity index (χ3n) is 1.30. The first-order chi connectivity index (χ1) is 5.61. The lowest BCUT2D eigenvalue weighted by molar-refractivity contribution is -0.144. The van der Waals surface area contributed by atoms with E-state index in [1.807, 2.05) is 0 Å². The highest BCUT2D eigenvalue weighted by atomic mass is 16.5. The molecule has 0 heterocycles. The molecular formula is C7H14N2O3. The van der Waals surface area contributed by atoms with Gasteiger partial charge in [0.2, 0.25) is 5.91 Å². The molecule has 1 amide bonds. The van der Waals surface area contributed by atoms with Gasteiger partial charge in [0.15, 0.2) is 0 Å². The van der Waals surface area contributed by atoms with E-state index in [0.717, 1.165) is 0 Å². The van der Waals surface area contributed by atoms with Gasteiger partial charge in [0.05, 0.1) is 7.11 Å². The van der Waals surface area contributed by atoms with Gasteiger partial charge in [-0.05, 0) is 6.92 Å². The van der Waals surface area contributed by atoms with Crippen molar-refractivity contribution in [2.75, 3.05) is 13.7 Å². The number of nitrogens with two attached hydrogens (primary N) is 1. The van der Waals surface area contributed by atoms with E-state index in [1.165, 1.54) is 7.11 Å². The summed E-state index contributed by atoms with van der Waals surface area (Å²) in [4.78, 5) is 21.7. The molecule has 0 aromatic heterocycles. The van der Waals surface area contributed by atoms with Crippen LogP contribution in [0.2, 0.25) is 0 Å². The lowest BCUT2D eigenvalue weighted by Gasteiger charge is -2.10. The molecule has 0 aliphatic heterocycles. The number of hydrogen-bond donors (Lipinski definition) is 2. The van der Waals surface area contributed by atoms with Gasteiger partial charge in [-0.25, -0.2) is 4.79 Å². The fourth-order valence-corrected chi connectivity index (χ4v) is 0.680. The van der Waals surface area contributed by atoms with Gasteiger partial charge in [0.1, 0.15) is 6.04 Å². The fourth-order valence-electron chi connectivity index (χ4n) is 0.680. The molecule has 0 spiro atoms. The zero-order chi connectivity index (χ0) is 9.56. The van der Waals surface area contributed by atoms with Crippen LogP contribution in [0.4, 0.5) is 0 Å². The molecular weight excluding hydrogens is 160 g/mol. The van der Waals surface area contributed by atoms with Crippen LogP contribution in [0.25, 0.3) is 0 Å². The largest absolute Gasteiger partial charge is 0.467 e. The van der Waals surface area contributed by atoms with Crippen molar-refractivity contribution >= 4 is 11.9 Å². The fraction of sp³-hybridized carbons (Fsp3) is 0.714. The number of carbonyl (C=O) groups is 2. The molecule has 0 aromatic carbocycles. The number of carbonyl (C=O) groups excluding carboxylic acids is 2. The van der Waals surface area contributed by atoms with E-state index in [9.17, 15) is 9.59 Å². The summed E-state index contributed by atoms with van der Waals surface area (Å²) in [7, 11) is 1.27. The molecule has 0 aliphatic rings. The van der Waals surface area contributed by atoms with Gasteiger partial charge in [0.25, 0.3) is 0 Å². The number of rotatable bonds is 4. The van der Waals surface area contributed by atoms with E-state index in [1.54, 1.807) is 6.92 Å². The van der Waals surface area contributed by atoms with Gasteiger partial charge in [-0.2, -0.15) is 0 Å². The first-order valence-electron chi connectivity index (χ1n) is 3.69.